The van der Waals surface area contributed by atoms with Crippen molar-refractivity contribution in [1.82, 2.24) is 9.97 Å². The Kier molecular flexibility index (Phi) is 4.44. The largest absolute Gasteiger partial charge is 0.495 e. The number of benzene rings is 2. The molecule has 0 spiro atoms. The van der Waals surface area contributed by atoms with Gasteiger partial charge >= 0.3 is 5.76 Å². The average molecular weight is 417 g/mol. The molecule has 0 aliphatic heterocycles. The van der Waals surface area contributed by atoms with Gasteiger partial charge in [0.1, 0.15) is 10.6 Å². The van der Waals surface area contributed by atoms with E-state index >= 15 is 0 Å². The van der Waals surface area contributed by atoms with Gasteiger partial charge in [-0.1, -0.05) is 12.1 Å². The highest BCUT2D eigenvalue weighted by atomic mass is 32.2. The van der Waals surface area contributed by atoms with Gasteiger partial charge in [-0.25, -0.2) is 18.2 Å². The van der Waals surface area contributed by atoms with E-state index in [1.165, 1.54) is 13.2 Å². The number of hydrogen-bond donors (Lipinski definition) is 2. The fourth-order valence-corrected chi connectivity index (χ4v) is 4.95. The van der Waals surface area contributed by atoms with Crippen LogP contribution in [0.1, 0.15) is 5.56 Å². The normalized spacial score (nSPS) is 11.6. The first-order valence-electron chi connectivity index (χ1n) is 8.12. The van der Waals surface area contributed by atoms with Crippen molar-refractivity contribution in [2.24, 2.45) is 0 Å². The van der Waals surface area contributed by atoms with Crippen molar-refractivity contribution in [3.05, 3.63) is 57.9 Å². The number of anilines is 1. The molecule has 2 N–H and O–H groups in total. The molecule has 8 nitrogen and oxygen atoms in total. The average Bonchev–Trinajstić information content (AvgIpc) is 3.26. The van der Waals surface area contributed by atoms with Crippen molar-refractivity contribution in [3.8, 4) is 17.0 Å². The van der Waals surface area contributed by atoms with Gasteiger partial charge in [-0.3, -0.25) is 9.71 Å². The minimum Gasteiger partial charge on any atom is -0.495 e. The monoisotopic (exact) mass is 417 g/mol. The van der Waals surface area contributed by atoms with E-state index in [1.54, 1.807) is 42.6 Å². The van der Waals surface area contributed by atoms with Crippen molar-refractivity contribution < 1.29 is 17.6 Å². The number of ether oxygens (including phenoxy) is 1. The van der Waals surface area contributed by atoms with Gasteiger partial charge in [0.05, 0.1) is 18.3 Å². The lowest BCUT2D eigenvalue weighted by atomic mass is 10.1. The van der Waals surface area contributed by atoms with E-state index in [9.17, 15) is 13.2 Å². The number of aryl methyl sites for hydroxylation is 1. The lowest BCUT2D eigenvalue weighted by molar-refractivity contribution is 0.402. The fraction of sp³-hybridized carbons (Fsp3) is 0.111. The number of methoxy groups -OCH3 is 1. The highest BCUT2D eigenvalue weighted by Gasteiger charge is 2.21. The molecule has 0 aliphatic rings. The summed E-state index contributed by atoms with van der Waals surface area (Å²) in [5, 5.41) is 1.94. The summed E-state index contributed by atoms with van der Waals surface area (Å²) >= 11 is 1.15. The molecule has 0 amide bonds. The SMILES string of the molecule is COc1ccc(C)cc1S(=O)(=O)Nc1nc(-c2ccc3[nH]c(=O)oc3c2)cs1. The summed E-state index contributed by atoms with van der Waals surface area (Å²) < 4.78 is 38.3. The van der Waals surface area contributed by atoms with E-state index in [0.29, 0.717) is 22.4 Å². The van der Waals surface area contributed by atoms with Gasteiger partial charge < -0.3 is 9.15 Å². The highest BCUT2D eigenvalue weighted by Crippen LogP contribution is 2.30. The van der Waals surface area contributed by atoms with E-state index in [4.69, 9.17) is 9.15 Å². The third-order valence-electron chi connectivity index (χ3n) is 4.05. The Morgan fingerprint density at radius 3 is 2.82 bits per heavy atom. The molecule has 0 bridgehead atoms. The first kappa shape index (κ1) is 18.3. The topological polar surface area (TPSA) is 114 Å². The van der Waals surface area contributed by atoms with Crippen molar-refractivity contribution in [2.45, 2.75) is 11.8 Å². The zero-order chi connectivity index (χ0) is 19.9. The molecule has 28 heavy (non-hydrogen) atoms. The summed E-state index contributed by atoms with van der Waals surface area (Å²) in [4.78, 5) is 18.2. The van der Waals surface area contributed by atoms with Gasteiger partial charge in [-0.2, -0.15) is 0 Å². The van der Waals surface area contributed by atoms with Gasteiger partial charge in [-0.05, 0) is 36.8 Å². The maximum absolute atomic E-state index is 12.8. The number of thiazole rings is 1. The fourth-order valence-electron chi connectivity index (χ4n) is 2.72. The van der Waals surface area contributed by atoms with Crippen LogP contribution in [-0.2, 0) is 10.0 Å². The summed E-state index contributed by atoms with van der Waals surface area (Å²) in [6.07, 6.45) is 0. The maximum Gasteiger partial charge on any atom is 0.417 e. The molecule has 0 saturated carbocycles. The third kappa shape index (κ3) is 3.39. The molecule has 2 heterocycles. The second-order valence-electron chi connectivity index (χ2n) is 6.02. The summed E-state index contributed by atoms with van der Waals surface area (Å²) in [6, 6.07) is 10.1. The minimum atomic E-state index is -3.87. The second kappa shape index (κ2) is 6.80. The van der Waals surface area contributed by atoms with Crippen LogP contribution in [0.25, 0.3) is 22.4 Å². The highest BCUT2D eigenvalue weighted by molar-refractivity contribution is 7.93. The quantitative estimate of drug-likeness (QED) is 0.515. The number of fused-ring (bicyclic) bond motifs is 1. The van der Waals surface area contributed by atoms with Crippen LogP contribution in [0.15, 0.2) is 55.9 Å². The van der Waals surface area contributed by atoms with Gasteiger partial charge in [0.25, 0.3) is 10.0 Å². The van der Waals surface area contributed by atoms with E-state index in [1.807, 2.05) is 0 Å². The number of H-pyrrole nitrogens is 1. The number of rotatable bonds is 5. The van der Waals surface area contributed by atoms with Crippen LogP contribution in [0.3, 0.4) is 0 Å². The molecule has 0 unspecified atom stereocenters. The molecule has 2 aromatic heterocycles. The van der Waals surface area contributed by atoms with Crippen molar-refractivity contribution >= 4 is 37.6 Å². The molecular formula is C18H15N3O5S2. The van der Waals surface area contributed by atoms with Crippen LogP contribution in [-0.4, -0.2) is 25.5 Å². The predicted molar refractivity (Wildman–Crippen MR) is 106 cm³/mol. The van der Waals surface area contributed by atoms with Crippen molar-refractivity contribution in [1.29, 1.82) is 0 Å². The standard InChI is InChI=1S/C18H15N3O5S2/c1-10-3-6-14(25-2)16(7-10)28(23,24)21-17-19-13(9-27-17)11-4-5-12-15(8-11)26-18(22)20-12/h3-9H,1-2H3,(H,19,21)(H,20,22). The van der Waals surface area contributed by atoms with Crippen LogP contribution in [0.5, 0.6) is 5.75 Å². The third-order valence-corrected chi connectivity index (χ3v) is 6.30. The molecule has 0 saturated heterocycles. The number of aromatic nitrogens is 2. The van der Waals surface area contributed by atoms with Gasteiger partial charge in [0, 0.05) is 10.9 Å². The lowest BCUT2D eigenvalue weighted by Crippen LogP contribution is -2.14. The molecule has 2 aromatic carbocycles. The molecule has 0 aliphatic carbocycles. The number of nitrogens with one attached hydrogen (secondary N) is 2. The molecule has 0 atom stereocenters. The number of sulfonamides is 1. The first-order chi connectivity index (χ1) is 13.4. The zero-order valence-corrected chi connectivity index (χ0v) is 16.5. The summed E-state index contributed by atoms with van der Waals surface area (Å²) in [5.74, 6) is -0.284. The Morgan fingerprint density at radius 1 is 1.21 bits per heavy atom. The molecule has 144 valence electrons. The van der Waals surface area contributed by atoms with E-state index in [0.717, 1.165) is 16.9 Å². The van der Waals surface area contributed by atoms with Crippen LogP contribution in [0.4, 0.5) is 5.13 Å². The van der Waals surface area contributed by atoms with Crippen LogP contribution in [0.2, 0.25) is 0 Å². The molecular weight excluding hydrogens is 402 g/mol. The van der Waals surface area contributed by atoms with Crippen molar-refractivity contribution in [2.75, 3.05) is 11.8 Å². The van der Waals surface area contributed by atoms with Gasteiger partial charge in [-0.15, -0.1) is 11.3 Å². The van der Waals surface area contributed by atoms with E-state index in [2.05, 4.69) is 14.7 Å². The summed E-state index contributed by atoms with van der Waals surface area (Å²) in [5.41, 5.74) is 3.04. The Labute approximate surface area is 163 Å². The Morgan fingerprint density at radius 2 is 2.04 bits per heavy atom. The smallest absolute Gasteiger partial charge is 0.417 e. The molecule has 0 fully saturated rings. The zero-order valence-electron chi connectivity index (χ0n) is 14.8. The molecule has 4 aromatic rings. The number of oxazole rings is 1. The van der Waals surface area contributed by atoms with Crippen LogP contribution in [0, 0.1) is 6.92 Å². The minimum absolute atomic E-state index is 0.0438. The number of aromatic amines is 1. The van der Waals surface area contributed by atoms with Crippen LogP contribution < -0.4 is 15.2 Å². The summed E-state index contributed by atoms with van der Waals surface area (Å²) in [7, 11) is -2.45. The van der Waals surface area contributed by atoms with Gasteiger partial charge in [0.2, 0.25) is 0 Å². The Hall–Kier alpha value is -3.11. The van der Waals surface area contributed by atoms with Crippen molar-refractivity contribution in [3.63, 3.8) is 0 Å². The summed E-state index contributed by atoms with van der Waals surface area (Å²) in [6.45, 7) is 1.80. The molecule has 10 heteroatoms. The molecule has 0 radical (unpaired) electrons. The second-order valence-corrected chi connectivity index (χ2v) is 8.53. The Bertz CT molecular complexity index is 1330. The number of nitrogens with zero attached hydrogens (tertiary/aromatic N) is 1. The van der Waals surface area contributed by atoms with Gasteiger partial charge in [0.15, 0.2) is 10.7 Å². The first-order valence-corrected chi connectivity index (χ1v) is 10.5. The van der Waals surface area contributed by atoms with Crippen LogP contribution >= 0.6 is 11.3 Å². The van der Waals surface area contributed by atoms with E-state index in [-0.39, 0.29) is 15.8 Å². The predicted octanol–water partition coefficient (Wildman–Crippen LogP) is 3.36. The lowest BCUT2D eigenvalue weighted by Gasteiger charge is -2.10. The molecule has 4 rings (SSSR count). The maximum atomic E-state index is 12.8. The number of hydrogen-bond acceptors (Lipinski definition) is 7. The van der Waals surface area contributed by atoms with E-state index < -0.39 is 15.8 Å². The Balaban J connectivity index is 1.65.